The van der Waals surface area contributed by atoms with Gasteiger partial charge in [-0.2, -0.15) is 0 Å². The highest BCUT2D eigenvalue weighted by atomic mass is 16.5. The molecular formula is C11H11N3O3. The van der Waals surface area contributed by atoms with Crippen molar-refractivity contribution >= 4 is 5.97 Å². The molecule has 0 unspecified atom stereocenters. The number of aryl methyl sites for hydroxylation is 1. The summed E-state index contributed by atoms with van der Waals surface area (Å²) in [6.45, 7) is 0.272. The van der Waals surface area contributed by atoms with Gasteiger partial charge in [0.1, 0.15) is 18.2 Å². The minimum atomic E-state index is -1.03. The number of pyridine rings is 1. The lowest BCUT2D eigenvalue weighted by atomic mass is 10.3. The molecular weight excluding hydrogens is 222 g/mol. The predicted molar refractivity (Wildman–Crippen MR) is 58.7 cm³/mol. The van der Waals surface area contributed by atoms with E-state index in [1.165, 1.54) is 18.5 Å². The van der Waals surface area contributed by atoms with Crippen molar-refractivity contribution < 1.29 is 14.6 Å². The summed E-state index contributed by atoms with van der Waals surface area (Å²) in [4.78, 5) is 18.6. The molecule has 2 aromatic heterocycles. The van der Waals surface area contributed by atoms with Crippen LogP contribution in [0.5, 0.6) is 5.75 Å². The van der Waals surface area contributed by atoms with Crippen molar-refractivity contribution in [2.75, 3.05) is 0 Å². The molecule has 2 aromatic rings. The number of rotatable bonds is 4. The zero-order valence-electron chi connectivity index (χ0n) is 9.20. The lowest BCUT2D eigenvalue weighted by Gasteiger charge is -2.06. The minimum Gasteiger partial charge on any atom is -0.484 e. The molecule has 0 spiro atoms. The number of carboxylic acids is 1. The first-order valence-corrected chi connectivity index (χ1v) is 4.94. The summed E-state index contributed by atoms with van der Waals surface area (Å²) in [5.41, 5.74) is 0.0994. The summed E-state index contributed by atoms with van der Waals surface area (Å²) in [5.74, 6) is 0.138. The van der Waals surface area contributed by atoms with Crippen molar-refractivity contribution in [3.05, 3.63) is 42.2 Å². The van der Waals surface area contributed by atoms with E-state index in [-0.39, 0.29) is 12.2 Å². The highest BCUT2D eigenvalue weighted by Gasteiger charge is 2.06. The minimum absolute atomic E-state index is 0.0994. The van der Waals surface area contributed by atoms with Gasteiger partial charge in [0.15, 0.2) is 0 Å². The molecule has 0 amide bonds. The van der Waals surface area contributed by atoms with Gasteiger partial charge in [-0.3, -0.25) is 4.98 Å². The molecule has 0 radical (unpaired) electrons. The van der Waals surface area contributed by atoms with Crippen molar-refractivity contribution in [3.8, 4) is 5.75 Å². The van der Waals surface area contributed by atoms with Crippen LogP contribution in [0.2, 0.25) is 0 Å². The Hall–Kier alpha value is -2.37. The molecule has 0 atom stereocenters. The fourth-order valence-electron chi connectivity index (χ4n) is 1.30. The SMILES string of the molecule is Cn1ccnc1COc1cncc(C(=O)O)c1. The summed E-state index contributed by atoms with van der Waals surface area (Å²) in [6.07, 6.45) is 6.22. The smallest absolute Gasteiger partial charge is 0.337 e. The molecule has 0 saturated carbocycles. The molecule has 1 N–H and O–H groups in total. The van der Waals surface area contributed by atoms with Crippen molar-refractivity contribution in [1.29, 1.82) is 0 Å². The second-order valence-electron chi connectivity index (χ2n) is 3.46. The molecule has 0 aliphatic rings. The van der Waals surface area contributed by atoms with Crippen molar-refractivity contribution in [1.82, 2.24) is 14.5 Å². The quantitative estimate of drug-likeness (QED) is 0.855. The number of aromatic carboxylic acids is 1. The van der Waals surface area contributed by atoms with Crippen molar-refractivity contribution in [2.45, 2.75) is 6.61 Å². The normalized spacial score (nSPS) is 10.2. The summed E-state index contributed by atoms with van der Waals surface area (Å²) < 4.78 is 7.24. The van der Waals surface area contributed by atoms with Crippen LogP contribution < -0.4 is 4.74 Å². The van der Waals surface area contributed by atoms with Gasteiger partial charge in [0.05, 0.1) is 11.8 Å². The molecule has 0 aliphatic heterocycles. The van der Waals surface area contributed by atoms with E-state index in [1.54, 1.807) is 6.20 Å². The van der Waals surface area contributed by atoms with E-state index in [4.69, 9.17) is 9.84 Å². The molecule has 0 aromatic carbocycles. The zero-order valence-corrected chi connectivity index (χ0v) is 9.20. The van der Waals surface area contributed by atoms with Gasteiger partial charge in [-0.15, -0.1) is 0 Å². The first-order chi connectivity index (χ1) is 8.16. The largest absolute Gasteiger partial charge is 0.484 e. The highest BCUT2D eigenvalue weighted by molar-refractivity contribution is 5.87. The van der Waals surface area contributed by atoms with Crippen LogP contribution in [0.1, 0.15) is 16.2 Å². The van der Waals surface area contributed by atoms with Crippen LogP contribution in [-0.4, -0.2) is 25.6 Å². The Morgan fingerprint density at radius 3 is 3.00 bits per heavy atom. The Labute approximate surface area is 97.5 Å². The van der Waals surface area contributed by atoms with Gasteiger partial charge in [-0.25, -0.2) is 9.78 Å². The van der Waals surface area contributed by atoms with Gasteiger partial charge < -0.3 is 14.4 Å². The molecule has 17 heavy (non-hydrogen) atoms. The lowest BCUT2D eigenvalue weighted by Crippen LogP contribution is -2.04. The fraction of sp³-hybridized carbons (Fsp3) is 0.182. The molecule has 6 nitrogen and oxygen atoms in total. The number of hydrogen-bond donors (Lipinski definition) is 1. The Morgan fingerprint density at radius 2 is 2.35 bits per heavy atom. The third-order valence-electron chi connectivity index (χ3n) is 2.25. The number of carbonyl (C=O) groups is 1. The van der Waals surface area contributed by atoms with Crippen LogP contribution in [0.25, 0.3) is 0 Å². The number of carboxylic acid groups (broad SMARTS) is 1. The molecule has 0 saturated heterocycles. The predicted octanol–water partition coefficient (Wildman–Crippen LogP) is 1.09. The zero-order chi connectivity index (χ0) is 12.3. The maximum Gasteiger partial charge on any atom is 0.337 e. The Morgan fingerprint density at radius 1 is 1.53 bits per heavy atom. The van der Waals surface area contributed by atoms with Crippen LogP contribution in [0, 0.1) is 0 Å². The maximum atomic E-state index is 10.7. The van der Waals surface area contributed by atoms with Crippen LogP contribution in [0.4, 0.5) is 0 Å². The monoisotopic (exact) mass is 233 g/mol. The molecule has 0 fully saturated rings. The van der Waals surface area contributed by atoms with E-state index in [1.807, 2.05) is 17.8 Å². The van der Waals surface area contributed by atoms with Gasteiger partial charge in [0.2, 0.25) is 0 Å². The van der Waals surface area contributed by atoms with E-state index in [0.717, 1.165) is 5.82 Å². The van der Waals surface area contributed by atoms with Gasteiger partial charge in [-0.05, 0) is 6.07 Å². The number of hydrogen-bond acceptors (Lipinski definition) is 4. The number of imidazole rings is 1. The molecule has 6 heteroatoms. The standard InChI is InChI=1S/C11H11N3O3/c1-14-3-2-13-10(14)7-17-9-4-8(11(15)16)5-12-6-9/h2-6H,7H2,1H3,(H,15,16). The Bertz CT molecular complexity index is 536. The molecule has 88 valence electrons. The van der Waals surface area contributed by atoms with Gasteiger partial charge >= 0.3 is 5.97 Å². The van der Waals surface area contributed by atoms with E-state index < -0.39 is 5.97 Å². The van der Waals surface area contributed by atoms with E-state index in [9.17, 15) is 4.79 Å². The molecule has 0 aliphatic carbocycles. The first-order valence-electron chi connectivity index (χ1n) is 4.94. The summed E-state index contributed by atoms with van der Waals surface area (Å²) in [6, 6.07) is 1.43. The molecule has 0 bridgehead atoms. The summed E-state index contributed by atoms with van der Waals surface area (Å²) in [7, 11) is 1.86. The Balaban J connectivity index is 2.07. The lowest BCUT2D eigenvalue weighted by molar-refractivity contribution is 0.0696. The average molecular weight is 233 g/mol. The number of ether oxygens (including phenoxy) is 1. The topological polar surface area (TPSA) is 77.2 Å². The summed E-state index contributed by atoms with van der Waals surface area (Å²) in [5, 5.41) is 8.79. The third-order valence-corrected chi connectivity index (χ3v) is 2.25. The van der Waals surface area contributed by atoms with Crippen molar-refractivity contribution in [2.24, 2.45) is 7.05 Å². The number of aromatic nitrogens is 3. The van der Waals surface area contributed by atoms with Crippen LogP contribution in [-0.2, 0) is 13.7 Å². The van der Waals surface area contributed by atoms with Gasteiger partial charge in [0.25, 0.3) is 0 Å². The number of nitrogens with zero attached hydrogens (tertiary/aromatic N) is 3. The average Bonchev–Trinajstić information content (AvgIpc) is 2.72. The third kappa shape index (κ3) is 2.60. The molecule has 2 heterocycles. The van der Waals surface area contributed by atoms with Gasteiger partial charge in [0, 0.05) is 25.6 Å². The van der Waals surface area contributed by atoms with E-state index in [2.05, 4.69) is 9.97 Å². The van der Waals surface area contributed by atoms with Crippen LogP contribution >= 0.6 is 0 Å². The summed E-state index contributed by atoms with van der Waals surface area (Å²) >= 11 is 0. The van der Waals surface area contributed by atoms with Gasteiger partial charge in [-0.1, -0.05) is 0 Å². The maximum absolute atomic E-state index is 10.7. The molecule has 2 rings (SSSR count). The van der Waals surface area contributed by atoms with E-state index >= 15 is 0 Å². The second kappa shape index (κ2) is 4.65. The second-order valence-corrected chi connectivity index (χ2v) is 3.46. The van der Waals surface area contributed by atoms with Crippen molar-refractivity contribution in [3.63, 3.8) is 0 Å². The van der Waals surface area contributed by atoms with Crippen LogP contribution in [0.15, 0.2) is 30.9 Å². The Kier molecular flexibility index (Phi) is 3.04. The highest BCUT2D eigenvalue weighted by Crippen LogP contribution is 2.12. The van der Waals surface area contributed by atoms with Crippen LogP contribution in [0.3, 0.4) is 0 Å². The van der Waals surface area contributed by atoms with E-state index in [0.29, 0.717) is 5.75 Å². The fourth-order valence-corrected chi connectivity index (χ4v) is 1.30. The first kappa shape index (κ1) is 11.1.